The summed E-state index contributed by atoms with van der Waals surface area (Å²) in [6.45, 7) is 5.25. The number of carbonyl (C=O) groups is 2. The molecule has 1 atom stereocenters. The molecule has 1 aromatic heterocycles. The van der Waals surface area contributed by atoms with Crippen LogP contribution < -0.4 is 10.1 Å². The van der Waals surface area contributed by atoms with Gasteiger partial charge in [0.15, 0.2) is 11.3 Å². The minimum Gasteiger partial charge on any atom is -0.497 e. The number of carbonyl (C=O) groups excluding carboxylic acids is 2. The van der Waals surface area contributed by atoms with E-state index in [1.54, 1.807) is 31.4 Å². The number of benzene rings is 1. The molecule has 0 spiro atoms. The van der Waals surface area contributed by atoms with Crippen LogP contribution in [0.3, 0.4) is 0 Å². The summed E-state index contributed by atoms with van der Waals surface area (Å²) >= 11 is 1.17. The van der Waals surface area contributed by atoms with Crippen molar-refractivity contribution in [3.05, 3.63) is 41.7 Å². The topological polar surface area (TPSA) is 90.4 Å². The highest BCUT2D eigenvalue weighted by atomic mass is 32.2. The molecule has 1 heterocycles. The number of thioether (sulfide) groups is 1. The lowest BCUT2D eigenvalue weighted by Gasteiger charge is -2.13. The highest BCUT2D eigenvalue weighted by Gasteiger charge is 2.18. The second-order valence-electron chi connectivity index (χ2n) is 5.58. The van der Waals surface area contributed by atoms with E-state index in [2.05, 4.69) is 15.3 Å². The first-order chi connectivity index (χ1) is 12.4. The zero-order chi connectivity index (χ0) is 19.1. The second-order valence-corrected chi connectivity index (χ2v) is 6.52. The molecule has 0 aliphatic heterocycles. The molecule has 0 fully saturated rings. The van der Waals surface area contributed by atoms with Gasteiger partial charge in [-0.25, -0.2) is 9.97 Å². The number of rotatable bonds is 7. The number of methoxy groups -OCH3 is 1. The van der Waals surface area contributed by atoms with E-state index < -0.39 is 18.0 Å². The van der Waals surface area contributed by atoms with Crippen LogP contribution in [0.5, 0.6) is 5.75 Å². The Morgan fingerprint density at radius 2 is 1.88 bits per heavy atom. The van der Waals surface area contributed by atoms with Crippen molar-refractivity contribution in [3.63, 3.8) is 0 Å². The van der Waals surface area contributed by atoms with E-state index in [0.717, 1.165) is 11.4 Å². The molecule has 7 nitrogen and oxygen atoms in total. The summed E-state index contributed by atoms with van der Waals surface area (Å²) in [6.07, 6.45) is -0.922. The van der Waals surface area contributed by atoms with Gasteiger partial charge in [-0.15, -0.1) is 0 Å². The summed E-state index contributed by atoms with van der Waals surface area (Å²) in [5, 5.41) is 3.19. The number of nitrogens with zero attached hydrogens (tertiary/aromatic N) is 2. The number of esters is 1. The maximum absolute atomic E-state index is 12.2. The molecule has 0 saturated heterocycles. The van der Waals surface area contributed by atoms with Crippen LogP contribution in [0.2, 0.25) is 0 Å². The first kappa shape index (κ1) is 19.7. The van der Waals surface area contributed by atoms with Gasteiger partial charge < -0.3 is 14.8 Å². The summed E-state index contributed by atoms with van der Waals surface area (Å²) in [5.74, 6) is -0.276. The van der Waals surface area contributed by atoms with Gasteiger partial charge in [0, 0.05) is 23.1 Å². The normalized spacial score (nSPS) is 11.5. The van der Waals surface area contributed by atoms with Crippen molar-refractivity contribution in [2.75, 3.05) is 18.2 Å². The Labute approximate surface area is 156 Å². The molecular formula is C18H21N3O4S. The number of ether oxygens (including phenoxy) is 2. The van der Waals surface area contributed by atoms with Crippen LogP contribution in [0.15, 0.2) is 35.5 Å². The van der Waals surface area contributed by atoms with Crippen LogP contribution in [0, 0.1) is 13.8 Å². The molecule has 0 saturated carbocycles. The largest absolute Gasteiger partial charge is 0.497 e. The van der Waals surface area contributed by atoms with Crippen LogP contribution in [0.1, 0.15) is 18.3 Å². The predicted molar refractivity (Wildman–Crippen MR) is 99.4 cm³/mol. The number of hydrogen-bond donors (Lipinski definition) is 1. The van der Waals surface area contributed by atoms with Gasteiger partial charge in [-0.3, -0.25) is 9.59 Å². The SMILES string of the molecule is COc1cccc(NC(=O)C(C)OC(=O)CSc2nc(C)cc(C)n2)c1. The lowest BCUT2D eigenvalue weighted by atomic mass is 10.3. The Morgan fingerprint density at radius 1 is 1.19 bits per heavy atom. The van der Waals surface area contributed by atoms with E-state index in [0.29, 0.717) is 16.6 Å². The zero-order valence-electron chi connectivity index (χ0n) is 15.1. The summed E-state index contributed by atoms with van der Waals surface area (Å²) in [4.78, 5) is 32.6. The molecule has 0 aliphatic rings. The van der Waals surface area contributed by atoms with Crippen molar-refractivity contribution in [1.29, 1.82) is 0 Å². The fourth-order valence-corrected chi connectivity index (χ4v) is 2.84. The van der Waals surface area contributed by atoms with Crippen molar-refractivity contribution in [3.8, 4) is 5.75 Å². The molecule has 26 heavy (non-hydrogen) atoms. The molecule has 1 N–H and O–H groups in total. The predicted octanol–water partition coefficient (Wildman–Crippen LogP) is 2.76. The maximum atomic E-state index is 12.2. The van der Waals surface area contributed by atoms with E-state index in [4.69, 9.17) is 9.47 Å². The van der Waals surface area contributed by atoms with Crippen LogP contribution >= 0.6 is 11.8 Å². The Bertz CT molecular complexity index is 778. The second kappa shape index (κ2) is 9.19. The Balaban J connectivity index is 1.84. The van der Waals surface area contributed by atoms with E-state index in [9.17, 15) is 9.59 Å². The molecule has 1 unspecified atom stereocenters. The Morgan fingerprint density at radius 3 is 2.54 bits per heavy atom. The highest BCUT2D eigenvalue weighted by molar-refractivity contribution is 7.99. The first-order valence-corrected chi connectivity index (χ1v) is 8.95. The fourth-order valence-electron chi connectivity index (χ4n) is 2.11. The van der Waals surface area contributed by atoms with Crippen LogP contribution in [0.4, 0.5) is 5.69 Å². The molecule has 0 bridgehead atoms. The van der Waals surface area contributed by atoms with Crippen molar-refractivity contribution in [2.45, 2.75) is 32.0 Å². The average Bonchev–Trinajstić information content (AvgIpc) is 2.59. The number of nitrogens with one attached hydrogen (secondary N) is 1. The Kier molecular flexibility index (Phi) is 6.97. The van der Waals surface area contributed by atoms with Gasteiger partial charge in [-0.1, -0.05) is 17.8 Å². The lowest BCUT2D eigenvalue weighted by Crippen LogP contribution is -2.30. The van der Waals surface area contributed by atoms with Gasteiger partial charge in [-0.05, 0) is 39.0 Å². The molecule has 1 amide bonds. The minimum absolute atomic E-state index is 0.0275. The van der Waals surface area contributed by atoms with Crippen molar-refractivity contribution < 1.29 is 19.1 Å². The van der Waals surface area contributed by atoms with Crippen molar-refractivity contribution in [1.82, 2.24) is 9.97 Å². The smallest absolute Gasteiger partial charge is 0.317 e. The van der Waals surface area contributed by atoms with E-state index in [1.165, 1.54) is 18.7 Å². The third-order valence-electron chi connectivity index (χ3n) is 3.30. The number of anilines is 1. The van der Waals surface area contributed by atoms with Crippen molar-refractivity contribution in [2.24, 2.45) is 0 Å². The number of aromatic nitrogens is 2. The van der Waals surface area contributed by atoms with Gasteiger partial charge >= 0.3 is 5.97 Å². The number of hydrogen-bond acceptors (Lipinski definition) is 7. The summed E-state index contributed by atoms with van der Waals surface area (Å²) in [7, 11) is 1.54. The Hall–Kier alpha value is -2.61. The van der Waals surface area contributed by atoms with Crippen LogP contribution in [0.25, 0.3) is 0 Å². The summed E-state index contributed by atoms with van der Waals surface area (Å²) < 4.78 is 10.3. The molecule has 0 radical (unpaired) electrons. The molecule has 138 valence electrons. The first-order valence-electron chi connectivity index (χ1n) is 7.97. The summed E-state index contributed by atoms with van der Waals surface area (Å²) in [6, 6.07) is 8.78. The molecule has 8 heteroatoms. The maximum Gasteiger partial charge on any atom is 0.317 e. The van der Waals surface area contributed by atoms with Crippen LogP contribution in [-0.2, 0) is 14.3 Å². The van der Waals surface area contributed by atoms with Gasteiger partial charge in [-0.2, -0.15) is 0 Å². The lowest BCUT2D eigenvalue weighted by molar-refractivity contribution is -0.150. The van der Waals surface area contributed by atoms with E-state index >= 15 is 0 Å². The number of amides is 1. The fraction of sp³-hybridized carbons (Fsp3) is 0.333. The zero-order valence-corrected chi connectivity index (χ0v) is 15.9. The van der Waals surface area contributed by atoms with E-state index in [-0.39, 0.29) is 5.75 Å². The number of aryl methyl sites for hydroxylation is 2. The molecule has 1 aromatic carbocycles. The highest BCUT2D eigenvalue weighted by Crippen LogP contribution is 2.18. The standard InChI is InChI=1S/C18H21N3O4S/c1-11-8-12(2)20-18(19-11)26-10-16(22)25-13(3)17(23)21-14-6-5-7-15(9-14)24-4/h5-9,13H,10H2,1-4H3,(H,21,23). The monoisotopic (exact) mass is 375 g/mol. The van der Waals surface area contributed by atoms with Gasteiger partial charge in [0.1, 0.15) is 5.75 Å². The molecular weight excluding hydrogens is 354 g/mol. The summed E-state index contributed by atoms with van der Waals surface area (Å²) in [5.41, 5.74) is 2.23. The van der Waals surface area contributed by atoms with Gasteiger partial charge in [0.25, 0.3) is 5.91 Å². The molecule has 2 rings (SSSR count). The van der Waals surface area contributed by atoms with Crippen molar-refractivity contribution >= 4 is 29.3 Å². The molecule has 0 aliphatic carbocycles. The third-order valence-corrected chi connectivity index (χ3v) is 4.12. The minimum atomic E-state index is -0.922. The molecule has 2 aromatic rings. The van der Waals surface area contributed by atoms with E-state index in [1.807, 2.05) is 19.9 Å². The average molecular weight is 375 g/mol. The third kappa shape index (κ3) is 6.03. The van der Waals surface area contributed by atoms with Gasteiger partial charge in [0.05, 0.1) is 12.9 Å². The van der Waals surface area contributed by atoms with Crippen LogP contribution in [-0.4, -0.2) is 40.8 Å². The quantitative estimate of drug-likeness (QED) is 0.452. The van der Waals surface area contributed by atoms with Gasteiger partial charge in [0.2, 0.25) is 0 Å².